The highest BCUT2D eigenvalue weighted by molar-refractivity contribution is 9.09. The molecular weight excluding hydrogens is 298 g/mol. The molecule has 0 radical (unpaired) electrons. The van der Waals surface area contributed by atoms with Crippen LogP contribution >= 0.6 is 15.9 Å². The van der Waals surface area contributed by atoms with Gasteiger partial charge >= 0.3 is 0 Å². The third-order valence-corrected chi connectivity index (χ3v) is 3.90. The minimum absolute atomic E-state index is 0.0438. The first-order valence-electron chi connectivity index (χ1n) is 6.01. The maximum Gasteiger partial charge on any atom is 0.257 e. The van der Waals surface area contributed by atoms with Crippen LogP contribution in [0.25, 0.3) is 0 Å². The Morgan fingerprint density at radius 1 is 1.67 bits per heavy atom. The molecule has 1 aromatic heterocycles. The van der Waals surface area contributed by atoms with E-state index in [0.717, 1.165) is 11.0 Å². The number of ether oxygens (including phenoxy) is 1. The summed E-state index contributed by atoms with van der Waals surface area (Å²) in [7, 11) is 1.83. The predicted molar refractivity (Wildman–Crippen MR) is 72.0 cm³/mol. The summed E-state index contributed by atoms with van der Waals surface area (Å²) >= 11 is 3.40. The number of carbonyl (C=O) groups excluding carboxylic acids is 1. The lowest BCUT2D eigenvalue weighted by Crippen LogP contribution is -2.51. The van der Waals surface area contributed by atoms with Crippen LogP contribution < -0.4 is 0 Å². The lowest BCUT2D eigenvalue weighted by molar-refractivity contribution is -0.0361. The summed E-state index contributed by atoms with van der Waals surface area (Å²) in [6.45, 7) is 5.08. The Morgan fingerprint density at radius 2 is 2.39 bits per heavy atom. The van der Waals surface area contributed by atoms with Crippen molar-refractivity contribution in [1.82, 2.24) is 14.7 Å². The van der Waals surface area contributed by atoms with Crippen molar-refractivity contribution in [3.8, 4) is 0 Å². The molecule has 1 fully saturated rings. The van der Waals surface area contributed by atoms with E-state index in [1.807, 2.05) is 25.8 Å². The Bertz CT molecular complexity index is 447. The molecule has 0 spiro atoms. The van der Waals surface area contributed by atoms with Crippen molar-refractivity contribution >= 4 is 21.8 Å². The van der Waals surface area contributed by atoms with Gasteiger partial charge < -0.3 is 9.64 Å². The molecule has 1 aliphatic rings. The quantitative estimate of drug-likeness (QED) is 0.774. The van der Waals surface area contributed by atoms with E-state index in [9.17, 15) is 4.79 Å². The summed E-state index contributed by atoms with van der Waals surface area (Å²) in [5.41, 5.74) is 1.45. The third-order valence-electron chi connectivity index (χ3n) is 3.18. The second-order valence-electron chi connectivity index (χ2n) is 4.72. The topological polar surface area (TPSA) is 47.4 Å². The number of carbonyl (C=O) groups is 1. The highest BCUT2D eigenvalue weighted by Gasteiger charge is 2.31. The minimum atomic E-state index is 0.0438. The van der Waals surface area contributed by atoms with Gasteiger partial charge in [0.1, 0.15) is 0 Å². The molecule has 1 aromatic rings. The fourth-order valence-corrected chi connectivity index (χ4v) is 2.55. The molecule has 2 atom stereocenters. The van der Waals surface area contributed by atoms with Crippen LogP contribution in [0.4, 0.5) is 0 Å². The number of halogens is 1. The number of nitrogens with zero attached hydrogens (tertiary/aromatic N) is 3. The van der Waals surface area contributed by atoms with Crippen LogP contribution in [0.15, 0.2) is 6.20 Å². The Hall–Kier alpha value is -0.880. The molecule has 1 aliphatic heterocycles. The molecule has 6 heteroatoms. The first-order valence-corrected chi connectivity index (χ1v) is 7.14. The molecule has 2 unspecified atom stereocenters. The number of aromatic nitrogens is 2. The Kier molecular flexibility index (Phi) is 4.07. The lowest BCUT2D eigenvalue weighted by atomic mass is 10.1. The first kappa shape index (κ1) is 13.5. The number of hydrogen-bond acceptors (Lipinski definition) is 3. The Labute approximate surface area is 115 Å². The fourth-order valence-electron chi connectivity index (χ4n) is 2.16. The van der Waals surface area contributed by atoms with E-state index in [0.29, 0.717) is 18.7 Å². The predicted octanol–water partition coefficient (Wildman–Crippen LogP) is 1.35. The second-order valence-corrected chi connectivity index (χ2v) is 5.37. The Balaban J connectivity index is 2.19. The van der Waals surface area contributed by atoms with Gasteiger partial charge in [0.05, 0.1) is 30.0 Å². The molecule has 2 heterocycles. The fraction of sp³-hybridized carbons (Fsp3) is 0.667. The summed E-state index contributed by atoms with van der Waals surface area (Å²) < 4.78 is 7.31. The molecule has 0 saturated carbocycles. The molecule has 0 N–H and O–H groups in total. The van der Waals surface area contributed by atoms with Crippen molar-refractivity contribution in [2.45, 2.75) is 26.0 Å². The molecule has 2 rings (SSSR count). The van der Waals surface area contributed by atoms with Crippen molar-refractivity contribution in [1.29, 1.82) is 0 Å². The van der Waals surface area contributed by atoms with E-state index in [1.54, 1.807) is 10.9 Å². The number of rotatable bonds is 2. The number of hydrogen-bond donors (Lipinski definition) is 0. The molecule has 0 aromatic carbocycles. The van der Waals surface area contributed by atoms with Gasteiger partial charge in [-0.05, 0) is 13.8 Å². The monoisotopic (exact) mass is 315 g/mol. The Morgan fingerprint density at radius 3 is 2.94 bits per heavy atom. The molecule has 100 valence electrons. The maximum atomic E-state index is 12.5. The molecule has 1 amide bonds. The van der Waals surface area contributed by atoms with Crippen LogP contribution in [0.2, 0.25) is 0 Å². The average molecular weight is 316 g/mol. The zero-order valence-electron chi connectivity index (χ0n) is 10.9. The van der Waals surface area contributed by atoms with E-state index in [4.69, 9.17) is 4.74 Å². The van der Waals surface area contributed by atoms with Gasteiger partial charge in [0.15, 0.2) is 0 Å². The average Bonchev–Trinajstić information content (AvgIpc) is 2.68. The van der Waals surface area contributed by atoms with Crippen molar-refractivity contribution in [3.05, 3.63) is 17.5 Å². The van der Waals surface area contributed by atoms with Crippen molar-refractivity contribution in [2.24, 2.45) is 7.05 Å². The van der Waals surface area contributed by atoms with E-state index in [1.165, 1.54) is 0 Å². The van der Waals surface area contributed by atoms with Gasteiger partial charge in [-0.25, -0.2) is 0 Å². The van der Waals surface area contributed by atoms with Crippen LogP contribution in [-0.2, 0) is 11.8 Å². The van der Waals surface area contributed by atoms with Crippen LogP contribution in [0.5, 0.6) is 0 Å². The van der Waals surface area contributed by atoms with E-state index < -0.39 is 0 Å². The van der Waals surface area contributed by atoms with Crippen LogP contribution in [0.3, 0.4) is 0 Å². The van der Waals surface area contributed by atoms with Crippen molar-refractivity contribution in [3.63, 3.8) is 0 Å². The maximum absolute atomic E-state index is 12.5. The third kappa shape index (κ3) is 2.59. The lowest BCUT2D eigenvalue weighted by Gasteiger charge is -2.37. The SMILES string of the molecule is Cc1nn(C)cc1C(=O)N1CC(CBr)OCC1C. The number of amides is 1. The molecule has 5 nitrogen and oxygen atoms in total. The first-order chi connectivity index (χ1) is 8.52. The summed E-state index contributed by atoms with van der Waals surface area (Å²) in [5, 5.41) is 4.97. The highest BCUT2D eigenvalue weighted by atomic mass is 79.9. The van der Waals surface area contributed by atoms with Crippen molar-refractivity contribution < 1.29 is 9.53 Å². The van der Waals surface area contributed by atoms with Crippen LogP contribution in [0, 0.1) is 6.92 Å². The molecule has 0 aliphatic carbocycles. The van der Waals surface area contributed by atoms with E-state index >= 15 is 0 Å². The van der Waals surface area contributed by atoms with Gasteiger partial charge in [-0.3, -0.25) is 9.48 Å². The minimum Gasteiger partial charge on any atom is -0.373 e. The molecule has 0 bridgehead atoms. The second kappa shape index (κ2) is 5.40. The zero-order chi connectivity index (χ0) is 13.3. The smallest absolute Gasteiger partial charge is 0.257 e. The summed E-state index contributed by atoms with van der Waals surface area (Å²) in [4.78, 5) is 14.4. The highest BCUT2D eigenvalue weighted by Crippen LogP contribution is 2.18. The number of aryl methyl sites for hydroxylation is 2. The summed E-state index contributed by atoms with van der Waals surface area (Å²) in [5.74, 6) is 0.0438. The normalized spacial score (nSPS) is 24.3. The zero-order valence-corrected chi connectivity index (χ0v) is 12.5. The molecule has 18 heavy (non-hydrogen) atoms. The van der Waals surface area contributed by atoms with Gasteiger partial charge in [0.2, 0.25) is 0 Å². The molecule has 1 saturated heterocycles. The van der Waals surface area contributed by atoms with Crippen LogP contribution in [0.1, 0.15) is 23.0 Å². The van der Waals surface area contributed by atoms with Crippen molar-refractivity contribution in [2.75, 3.05) is 18.5 Å². The van der Waals surface area contributed by atoms with Gasteiger partial charge in [-0.15, -0.1) is 0 Å². The van der Waals surface area contributed by atoms with Gasteiger partial charge in [0.25, 0.3) is 5.91 Å². The summed E-state index contributed by atoms with van der Waals surface area (Å²) in [6, 6.07) is 0.104. The van der Waals surface area contributed by atoms with E-state index in [2.05, 4.69) is 21.0 Å². The van der Waals surface area contributed by atoms with Crippen LogP contribution in [-0.4, -0.2) is 51.2 Å². The standard InChI is InChI=1S/C12H18BrN3O2/c1-8-7-18-10(4-13)5-16(8)12(17)11-6-15(3)14-9(11)2/h6,8,10H,4-5,7H2,1-3H3. The number of morpholine rings is 1. The number of alkyl halides is 1. The molecular formula is C12H18BrN3O2. The summed E-state index contributed by atoms with van der Waals surface area (Å²) in [6.07, 6.45) is 1.85. The van der Waals surface area contributed by atoms with E-state index in [-0.39, 0.29) is 18.1 Å². The van der Waals surface area contributed by atoms with Gasteiger partial charge in [0, 0.05) is 25.1 Å². The largest absolute Gasteiger partial charge is 0.373 e. The van der Waals surface area contributed by atoms with Gasteiger partial charge in [-0.1, -0.05) is 15.9 Å². The van der Waals surface area contributed by atoms with Gasteiger partial charge in [-0.2, -0.15) is 5.10 Å².